The highest BCUT2D eigenvalue weighted by Crippen LogP contribution is 2.44. The Morgan fingerprint density at radius 1 is 1.07 bits per heavy atom. The molecule has 0 radical (unpaired) electrons. The van der Waals surface area contributed by atoms with Crippen LogP contribution >= 0.6 is 22.9 Å². The minimum absolute atomic E-state index is 0.0557. The molecule has 5 aromatic rings. The highest BCUT2D eigenvalue weighted by Gasteiger charge is 2.36. The molecule has 3 heterocycles. The average Bonchev–Trinajstić information content (AvgIpc) is 3.59. The molecule has 1 atom stereocenters. The maximum atomic E-state index is 13.7. The van der Waals surface area contributed by atoms with Gasteiger partial charge in [-0.25, -0.2) is 8.42 Å². The van der Waals surface area contributed by atoms with Gasteiger partial charge < -0.3 is 14.1 Å². The van der Waals surface area contributed by atoms with E-state index >= 15 is 0 Å². The molecule has 1 aliphatic rings. The minimum Gasteiger partial charge on any atom is -0.488 e. The summed E-state index contributed by atoms with van der Waals surface area (Å²) in [7, 11) is -2.34. The predicted molar refractivity (Wildman–Crippen MR) is 151 cm³/mol. The third kappa shape index (κ3) is 5.03. The molecule has 0 bridgehead atoms. The van der Waals surface area contributed by atoms with Crippen molar-refractivity contribution >= 4 is 60.6 Å². The summed E-state index contributed by atoms with van der Waals surface area (Å²) in [6, 6.07) is 17.4. The van der Waals surface area contributed by atoms with E-state index in [1.807, 2.05) is 48.3 Å². The molecule has 2 aromatic heterocycles. The Labute approximate surface area is 237 Å². The van der Waals surface area contributed by atoms with E-state index < -0.39 is 33.6 Å². The molecular formula is C28H22ClF3N2O4S2. The SMILES string of the molecule is CN1CCC(Oc2cc(NS(=O)(=O)c3cc(Cl)c(-c4cccc5c4oc4ccccc45)s3)ccc2C(F)(F)F)C1. The van der Waals surface area contributed by atoms with E-state index in [9.17, 15) is 21.6 Å². The molecule has 0 spiro atoms. The molecule has 3 aromatic carbocycles. The predicted octanol–water partition coefficient (Wildman–Crippen LogP) is 7.87. The lowest BCUT2D eigenvalue weighted by atomic mass is 10.1. The van der Waals surface area contributed by atoms with Crippen LogP contribution < -0.4 is 9.46 Å². The summed E-state index contributed by atoms with van der Waals surface area (Å²) in [4.78, 5) is 2.45. The number of hydrogen-bond acceptors (Lipinski definition) is 6. The summed E-state index contributed by atoms with van der Waals surface area (Å²) in [5, 5.41) is 2.00. The van der Waals surface area contributed by atoms with E-state index in [1.54, 1.807) is 6.07 Å². The summed E-state index contributed by atoms with van der Waals surface area (Å²) in [5.74, 6) is -0.422. The van der Waals surface area contributed by atoms with Gasteiger partial charge in [0, 0.05) is 35.5 Å². The number of benzene rings is 3. The summed E-state index contributed by atoms with van der Waals surface area (Å²) >= 11 is 7.46. The second-order valence-corrected chi connectivity index (χ2v) is 13.0. The first kappa shape index (κ1) is 26.9. The van der Waals surface area contributed by atoms with Gasteiger partial charge in [-0.2, -0.15) is 13.2 Å². The number of alkyl halides is 3. The fourth-order valence-corrected chi connectivity index (χ4v) is 7.77. The Hall–Kier alpha value is -3.25. The lowest BCUT2D eigenvalue weighted by Crippen LogP contribution is -2.23. The number of halogens is 4. The van der Waals surface area contributed by atoms with E-state index in [0.29, 0.717) is 41.1 Å². The first-order valence-electron chi connectivity index (χ1n) is 12.3. The van der Waals surface area contributed by atoms with Crippen LogP contribution in [0.3, 0.4) is 0 Å². The number of likely N-dealkylation sites (tertiary alicyclic amines) is 1. The quantitative estimate of drug-likeness (QED) is 0.213. The van der Waals surface area contributed by atoms with Crippen molar-refractivity contribution in [2.75, 3.05) is 24.9 Å². The molecule has 0 amide bonds. The number of nitrogens with one attached hydrogen (secondary N) is 1. The molecule has 6 rings (SSSR count). The molecule has 1 saturated heterocycles. The van der Waals surface area contributed by atoms with E-state index in [1.165, 1.54) is 6.07 Å². The third-order valence-electron chi connectivity index (χ3n) is 6.76. The highest BCUT2D eigenvalue weighted by atomic mass is 35.5. The van der Waals surface area contributed by atoms with Crippen molar-refractivity contribution in [3.05, 3.63) is 77.3 Å². The Kier molecular flexibility index (Phi) is 6.73. The molecular weight excluding hydrogens is 585 g/mol. The maximum Gasteiger partial charge on any atom is 0.419 e. The van der Waals surface area contributed by atoms with Crippen molar-refractivity contribution in [3.63, 3.8) is 0 Å². The van der Waals surface area contributed by atoms with Gasteiger partial charge in [0.1, 0.15) is 27.2 Å². The van der Waals surface area contributed by atoms with Crippen LogP contribution in [0.4, 0.5) is 18.9 Å². The zero-order chi connectivity index (χ0) is 28.2. The number of thiophene rings is 1. The molecule has 0 aliphatic carbocycles. The number of rotatable bonds is 6. The number of ether oxygens (including phenoxy) is 1. The minimum atomic E-state index is -4.66. The second kappa shape index (κ2) is 9.99. The molecule has 1 aliphatic heterocycles. The van der Waals surface area contributed by atoms with Gasteiger partial charge in [0.15, 0.2) is 0 Å². The number of fused-ring (bicyclic) bond motifs is 3. The average molecular weight is 607 g/mol. The number of sulfonamides is 1. The first-order valence-corrected chi connectivity index (χ1v) is 15.0. The van der Waals surface area contributed by atoms with Crippen LogP contribution in [0.25, 0.3) is 32.4 Å². The monoisotopic (exact) mass is 606 g/mol. The Morgan fingerprint density at radius 2 is 1.85 bits per heavy atom. The van der Waals surface area contributed by atoms with Crippen molar-refractivity contribution in [1.29, 1.82) is 0 Å². The maximum absolute atomic E-state index is 13.7. The van der Waals surface area contributed by atoms with Crippen LogP contribution in [0.2, 0.25) is 5.02 Å². The normalized spacial score (nSPS) is 16.7. The summed E-state index contributed by atoms with van der Waals surface area (Å²) in [5.41, 5.74) is 0.880. The standard InChI is InChI=1S/C28H22ClF3N2O4S2/c1-34-12-11-17(15-34)37-24-13-16(9-10-21(24)28(30,31)32)33-40(35,36)25-14-22(29)27(39-25)20-7-4-6-19-18-5-2-3-8-23(18)38-26(19)20/h2-10,13-14,17,33H,11-12,15H2,1H3. The molecule has 12 heteroatoms. The van der Waals surface area contributed by atoms with Crippen molar-refractivity contribution in [2.24, 2.45) is 0 Å². The summed E-state index contributed by atoms with van der Waals surface area (Å²) in [6.07, 6.45) is -4.53. The number of furan rings is 1. The molecule has 208 valence electrons. The second-order valence-electron chi connectivity index (χ2n) is 9.63. The first-order chi connectivity index (χ1) is 19.0. The van der Waals surface area contributed by atoms with Gasteiger partial charge in [-0.05, 0) is 43.8 Å². The van der Waals surface area contributed by atoms with Gasteiger partial charge >= 0.3 is 6.18 Å². The number of hydrogen-bond donors (Lipinski definition) is 1. The van der Waals surface area contributed by atoms with Crippen molar-refractivity contribution in [3.8, 4) is 16.2 Å². The fourth-order valence-electron chi connectivity index (χ4n) is 4.88. The molecule has 1 fully saturated rings. The van der Waals surface area contributed by atoms with Crippen LogP contribution in [0, 0.1) is 0 Å². The van der Waals surface area contributed by atoms with Crippen LogP contribution in [-0.2, 0) is 16.2 Å². The van der Waals surface area contributed by atoms with E-state index in [2.05, 4.69) is 4.72 Å². The van der Waals surface area contributed by atoms with Crippen molar-refractivity contribution in [2.45, 2.75) is 22.9 Å². The van der Waals surface area contributed by atoms with E-state index in [0.717, 1.165) is 40.3 Å². The Bertz CT molecular complexity index is 1850. The smallest absolute Gasteiger partial charge is 0.419 e. The molecule has 1 unspecified atom stereocenters. The molecule has 0 saturated carbocycles. The van der Waals surface area contributed by atoms with Crippen LogP contribution in [0.15, 0.2) is 75.4 Å². The number of likely N-dealkylation sites (N-methyl/N-ethyl adjacent to an activating group) is 1. The Balaban J connectivity index is 1.33. The van der Waals surface area contributed by atoms with Crippen molar-refractivity contribution < 1.29 is 30.7 Å². The molecule has 6 nitrogen and oxygen atoms in total. The highest BCUT2D eigenvalue weighted by molar-refractivity contribution is 7.94. The van der Waals surface area contributed by atoms with Gasteiger partial charge in [0.05, 0.1) is 21.2 Å². The topological polar surface area (TPSA) is 71.8 Å². The zero-order valence-electron chi connectivity index (χ0n) is 21.0. The molecule has 40 heavy (non-hydrogen) atoms. The third-order valence-corrected chi connectivity index (χ3v) is 10.2. The number of nitrogens with zero attached hydrogens (tertiary/aromatic N) is 1. The molecule has 1 N–H and O–H groups in total. The van der Waals surface area contributed by atoms with Crippen molar-refractivity contribution in [1.82, 2.24) is 4.90 Å². The summed E-state index contributed by atoms with van der Waals surface area (Å²) < 4.78 is 81.7. The lowest BCUT2D eigenvalue weighted by molar-refractivity contribution is -0.139. The number of para-hydroxylation sites is 2. The largest absolute Gasteiger partial charge is 0.488 e. The van der Waals surface area contributed by atoms with Gasteiger partial charge in [-0.3, -0.25) is 4.72 Å². The zero-order valence-corrected chi connectivity index (χ0v) is 23.3. The summed E-state index contributed by atoms with van der Waals surface area (Å²) in [6.45, 7) is 1.17. The Morgan fingerprint density at radius 3 is 2.60 bits per heavy atom. The van der Waals surface area contributed by atoms with Crippen LogP contribution in [0.5, 0.6) is 5.75 Å². The van der Waals surface area contributed by atoms with Gasteiger partial charge in [0.2, 0.25) is 0 Å². The van der Waals surface area contributed by atoms with Gasteiger partial charge in [0.25, 0.3) is 10.0 Å². The van der Waals surface area contributed by atoms with E-state index in [4.69, 9.17) is 20.8 Å². The fraction of sp³-hybridized carbons (Fsp3) is 0.214. The lowest BCUT2D eigenvalue weighted by Gasteiger charge is -2.19. The van der Waals surface area contributed by atoms with Crippen LogP contribution in [0.1, 0.15) is 12.0 Å². The van der Waals surface area contributed by atoms with Crippen LogP contribution in [-0.4, -0.2) is 39.6 Å². The van der Waals surface area contributed by atoms with Gasteiger partial charge in [-0.15, -0.1) is 11.3 Å². The van der Waals surface area contributed by atoms with Gasteiger partial charge in [-0.1, -0.05) is 41.9 Å². The van der Waals surface area contributed by atoms with E-state index in [-0.39, 0.29) is 14.9 Å². The number of anilines is 1.